The van der Waals surface area contributed by atoms with Crippen LogP contribution in [0.5, 0.6) is 0 Å². The third-order valence-corrected chi connectivity index (χ3v) is 5.61. The predicted molar refractivity (Wildman–Crippen MR) is 123 cm³/mol. The zero-order valence-electron chi connectivity index (χ0n) is 18.5. The molecule has 0 radical (unpaired) electrons. The molecule has 0 saturated carbocycles. The summed E-state index contributed by atoms with van der Waals surface area (Å²) in [4.78, 5) is 27.9. The number of halogens is 1. The maximum absolute atomic E-state index is 13.3. The highest BCUT2D eigenvalue weighted by Gasteiger charge is 2.28. The Kier molecular flexibility index (Phi) is 9.38. The van der Waals surface area contributed by atoms with Gasteiger partial charge in [-0.25, -0.2) is 0 Å². The molecule has 2 amide bonds. The predicted octanol–water partition coefficient (Wildman–Crippen LogP) is 5.16. The zero-order chi connectivity index (χ0) is 22.1. The summed E-state index contributed by atoms with van der Waals surface area (Å²) in [5.74, 6) is 0.225. The average molecular weight is 429 g/mol. The number of benzene rings is 2. The zero-order valence-corrected chi connectivity index (χ0v) is 19.2. The topological polar surface area (TPSA) is 49.4 Å². The van der Waals surface area contributed by atoms with E-state index in [2.05, 4.69) is 19.2 Å². The van der Waals surface area contributed by atoms with Gasteiger partial charge in [0.15, 0.2) is 0 Å². The van der Waals surface area contributed by atoms with Gasteiger partial charge in [-0.3, -0.25) is 9.59 Å². The lowest BCUT2D eigenvalue weighted by atomic mass is 10.0. The Morgan fingerprint density at radius 2 is 1.67 bits per heavy atom. The Labute approximate surface area is 185 Å². The van der Waals surface area contributed by atoms with Gasteiger partial charge in [0.1, 0.15) is 6.04 Å². The fourth-order valence-corrected chi connectivity index (χ4v) is 3.63. The monoisotopic (exact) mass is 428 g/mol. The van der Waals surface area contributed by atoms with Gasteiger partial charge in [0, 0.05) is 24.5 Å². The van der Waals surface area contributed by atoms with Crippen molar-refractivity contribution in [3.63, 3.8) is 0 Å². The van der Waals surface area contributed by atoms with Crippen molar-refractivity contribution in [1.82, 2.24) is 10.2 Å². The molecule has 1 atom stereocenters. The van der Waals surface area contributed by atoms with E-state index in [4.69, 9.17) is 11.6 Å². The molecule has 4 nitrogen and oxygen atoms in total. The van der Waals surface area contributed by atoms with Crippen LogP contribution in [0.25, 0.3) is 0 Å². The summed E-state index contributed by atoms with van der Waals surface area (Å²) in [5, 5.41) is 3.66. The van der Waals surface area contributed by atoms with Crippen LogP contribution < -0.4 is 5.32 Å². The minimum atomic E-state index is -0.498. The summed E-state index contributed by atoms with van der Waals surface area (Å²) in [5.41, 5.74) is 3.11. The lowest BCUT2D eigenvalue weighted by Gasteiger charge is -2.31. The first-order valence-electron chi connectivity index (χ1n) is 10.7. The largest absolute Gasteiger partial charge is 0.354 e. The average Bonchev–Trinajstić information content (AvgIpc) is 2.72. The Morgan fingerprint density at radius 3 is 2.27 bits per heavy atom. The maximum Gasteiger partial charge on any atom is 0.242 e. The van der Waals surface area contributed by atoms with E-state index in [1.165, 1.54) is 0 Å². The second-order valence-electron chi connectivity index (χ2n) is 8.10. The van der Waals surface area contributed by atoms with E-state index >= 15 is 0 Å². The molecule has 0 unspecified atom stereocenters. The molecule has 0 aromatic heterocycles. The van der Waals surface area contributed by atoms with Crippen molar-refractivity contribution in [2.24, 2.45) is 5.92 Å². The minimum absolute atomic E-state index is 0.0373. The van der Waals surface area contributed by atoms with Gasteiger partial charge in [-0.1, -0.05) is 74.8 Å². The van der Waals surface area contributed by atoms with Gasteiger partial charge in [-0.2, -0.15) is 0 Å². The molecule has 5 heteroatoms. The second-order valence-corrected chi connectivity index (χ2v) is 8.51. The van der Waals surface area contributed by atoms with Crippen molar-refractivity contribution in [3.8, 4) is 0 Å². The number of nitrogens with one attached hydrogen (secondary N) is 1. The quantitative estimate of drug-likeness (QED) is 0.568. The molecule has 0 heterocycles. The third kappa shape index (κ3) is 6.88. The van der Waals surface area contributed by atoms with Gasteiger partial charge >= 0.3 is 0 Å². The second kappa shape index (κ2) is 11.8. The fourth-order valence-electron chi connectivity index (χ4n) is 3.40. The van der Waals surface area contributed by atoms with Crippen molar-refractivity contribution in [1.29, 1.82) is 0 Å². The highest BCUT2D eigenvalue weighted by Crippen LogP contribution is 2.20. The molecule has 0 spiro atoms. The molecule has 0 aliphatic heterocycles. The van der Waals surface area contributed by atoms with E-state index in [1.807, 2.05) is 62.4 Å². The van der Waals surface area contributed by atoms with E-state index in [0.29, 0.717) is 43.3 Å². The number of nitrogens with zero attached hydrogens (tertiary/aromatic N) is 1. The van der Waals surface area contributed by atoms with Crippen LogP contribution >= 0.6 is 11.6 Å². The van der Waals surface area contributed by atoms with Crippen LogP contribution in [0.4, 0.5) is 0 Å². The first-order chi connectivity index (χ1) is 14.3. The molecular weight excluding hydrogens is 396 g/mol. The number of aryl methyl sites for hydroxylation is 2. The van der Waals surface area contributed by atoms with Crippen LogP contribution in [0.3, 0.4) is 0 Å². The number of amides is 2. The Balaban J connectivity index is 2.22. The van der Waals surface area contributed by atoms with Gasteiger partial charge in [-0.05, 0) is 48.4 Å². The molecule has 0 saturated heterocycles. The van der Waals surface area contributed by atoms with Crippen molar-refractivity contribution in [3.05, 3.63) is 70.2 Å². The Bertz CT molecular complexity index is 851. The minimum Gasteiger partial charge on any atom is -0.354 e. The summed E-state index contributed by atoms with van der Waals surface area (Å²) < 4.78 is 0. The van der Waals surface area contributed by atoms with Gasteiger partial charge in [0.2, 0.25) is 11.8 Å². The molecule has 2 aromatic carbocycles. The van der Waals surface area contributed by atoms with E-state index in [0.717, 1.165) is 16.7 Å². The van der Waals surface area contributed by atoms with Gasteiger partial charge in [-0.15, -0.1) is 0 Å². The molecule has 2 aromatic rings. The van der Waals surface area contributed by atoms with Crippen LogP contribution in [0.15, 0.2) is 48.5 Å². The van der Waals surface area contributed by atoms with Crippen molar-refractivity contribution in [2.45, 2.75) is 59.5 Å². The smallest absolute Gasteiger partial charge is 0.242 e. The standard InChI is InChI=1S/C25H33ClN2O2/c1-5-23(25(30)27-16-18(2)3)28(17-21-12-7-6-10-19(21)4)24(29)15-14-20-11-8-9-13-22(20)26/h6-13,18,23H,5,14-17H2,1-4H3,(H,27,30)/t23-/m0/s1. The number of carbonyl (C=O) groups excluding carboxylic acids is 2. The van der Waals surface area contributed by atoms with Crippen LogP contribution in [-0.2, 0) is 22.6 Å². The lowest BCUT2D eigenvalue weighted by Crippen LogP contribution is -2.49. The molecule has 0 aliphatic rings. The first kappa shape index (κ1) is 23.9. The summed E-state index contributed by atoms with van der Waals surface area (Å²) >= 11 is 6.26. The highest BCUT2D eigenvalue weighted by molar-refractivity contribution is 6.31. The van der Waals surface area contributed by atoms with E-state index in [-0.39, 0.29) is 11.8 Å². The molecule has 162 valence electrons. The molecular formula is C25H33ClN2O2. The summed E-state index contributed by atoms with van der Waals surface area (Å²) in [6.07, 6.45) is 1.42. The molecule has 0 bridgehead atoms. The number of hydrogen-bond donors (Lipinski definition) is 1. The van der Waals surface area contributed by atoms with Crippen LogP contribution in [0, 0.1) is 12.8 Å². The van der Waals surface area contributed by atoms with E-state index in [9.17, 15) is 9.59 Å². The lowest BCUT2D eigenvalue weighted by molar-refractivity contribution is -0.141. The third-order valence-electron chi connectivity index (χ3n) is 5.24. The Hall–Kier alpha value is -2.33. The van der Waals surface area contributed by atoms with Gasteiger partial charge < -0.3 is 10.2 Å². The van der Waals surface area contributed by atoms with Gasteiger partial charge in [0.05, 0.1) is 0 Å². The van der Waals surface area contributed by atoms with E-state index in [1.54, 1.807) is 4.90 Å². The van der Waals surface area contributed by atoms with Crippen molar-refractivity contribution >= 4 is 23.4 Å². The summed E-state index contributed by atoms with van der Waals surface area (Å²) in [7, 11) is 0. The SMILES string of the molecule is CC[C@@H](C(=O)NCC(C)C)N(Cc1ccccc1C)C(=O)CCc1ccccc1Cl. The molecule has 0 aliphatic carbocycles. The fraction of sp³-hybridized carbons (Fsp3) is 0.440. The molecule has 30 heavy (non-hydrogen) atoms. The molecule has 1 N–H and O–H groups in total. The van der Waals surface area contributed by atoms with Crippen LogP contribution in [0.2, 0.25) is 5.02 Å². The number of rotatable bonds is 10. The first-order valence-corrected chi connectivity index (χ1v) is 11.1. The van der Waals surface area contributed by atoms with E-state index < -0.39 is 6.04 Å². The van der Waals surface area contributed by atoms with Crippen LogP contribution in [-0.4, -0.2) is 29.3 Å². The molecule has 0 fully saturated rings. The van der Waals surface area contributed by atoms with Crippen LogP contribution in [0.1, 0.15) is 50.3 Å². The highest BCUT2D eigenvalue weighted by atomic mass is 35.5. The normalized spacial score (nSPS) is 11.9. The maximum atomic E-state index is 13.3. The van der Waals surface area contributed by atoms with Crippen molar-refractivity contribution in [2.75, 3.05) is 6.54 Å². The van der Waals surface area contributed by atoms with Gasteiger partial charge in [0.25, 0.3) is 0 Å². The van der Waals surface area contributed by atoms with Crippen molar-refractivity contribution < 1.29 is 9.59 Å². The summed E-state index contributed by atoms with van der Waals surface area (Å²) in [6.45, 7) is 9.11. The number of hydrogen-bond acceptors (Lipinski definition) is 2. The Morgan fingerprint density at radius 1 is 1.03 bits per heavy atom. The summed E-state index contributed by atoms with van der Waals surface area (Å²) in [6, 6.07) is 15.1. The number of carbonyl (C=O) groups is 2. The molecule has 2 rings (SSSR count).